The molecule has 0 aromatic heterocycles. The lowest BCUT2D eigenvalue weighted by atomic mass is 10.00. The molecule has 0 spiro atoms. The molecule has 45 heavy (non-hydrogen) atoms. The van der Waals surface area contributed by atoms with Gasteiger partial charge in [0.25, 0.3) is 0 Å². The van der Waals surface area contributed by atoms with Crippen LogP contribution in [-0.4, -0.2) is 48.9 Å². The van der Waals surface area contributed by atoms with E-state index in [1.54, 1.807) is 30.3 Å². The summed E-state index contributed by atoms with van der Waals surface area (Å²) < 4.78 is 11.1. The van der Waals surface area contributed by atoms with Crippen LogP contribution < -0.4 is 10.1 Å². The molecule has 0 saturated carbocycles. The van der Waals surface area contributed by atoms with Crippen LogP contribution >= 0.6 is 0 Å². The van der Waals surface area contributed by atoms with Crippen LogP contribution in [-0.2, 0) is 27.3 Å². The number of nitrogens with zero attached hydrogens (tertiary/aromatic N) is 1. The molecule has 1 amide bonds. The topological polar surface area (TPSA) is 84.9 Å². The van der Waals surface area contributed by atoms with E-state index in [1.165, 1.54) is 7.11 Å². The fraction of sp³-hybridized carbons (Fsp3) is 0.289. The first-order valence-corrected chi connectivity index (χ1v) is 15.4. The first kappa shape index (κ1) is 33.0. The smallest absolute Gasteiger partial charge is 0.328 e. The number of amides is 1. The van der Waals surface area contributed by atoms with Gasteiger partial charge in [-0.25, -0.2) is 4.79 Å². The van der Waals surface area contributed by atoms with E-state index in [0.29, 0.717) is 67.4 Å². The van der Waals surface area contributed by atoms with E-state index < -0.39 is 12.0 Å². The van der Waals surface area contributed by atoms with Crippen LogP contribution in [0.15, 0.2) is 109 Å². The molecule has 0 saturated heterocycles. The number of methoxy groups -OCH3 is 1. The largest absolute Gasteiger partial charge is 0.494 e. The zero-order valence-electron chi connectivity index (χ0n) is 26.3. The highest BCUT2D eigenvalue weighted by atomic mass is 16.5. The number of carbonyl (C=O) groups excluding carboxylic acids is 3. The number of benzene rings is 4. The van der Waals surface area contributed by atoms with Gasteiger partial charge in [0, 0.05) is 42.7 Å². The van der Waals surface area contributed by atoms with Crippen LogP contribution in [0.3, 0.4) is 0 Å². The fourth-order valence-electron chi connectivity index (χ4n) is 5.05. The summed E-state index contributed by atoms with van der Waals surface area (Å²) >= 11 is 0. The van der Waals surface area contributed by atoms with Crippen LogP contribution in [0.1, 0.15) is 53.7 Å². The Morgan fingerprint density at radius 3 is 2.09 bits per heavy atom. The molecule has 7 heteroatoms. The van der Waals surface area contributed by atoms with Gasteiger partial charge in [0.2, 0.25) is 5.91 Å². The number of esters is 1. The molecule has 1 N–H and O–H groups in total. The average Bonchev–Trinajstić information content (AvgIpc) is 3.06. The molecule has 234 valence electrons. The maximum absolute atomic E-state index is 13.2. The minimum Gasteiger partial charge on any atom is -0.494 e. The van der Waals surface area contributed by atoms with Crippen LogP contribution in [0.4, 0.5) is 5.69 Å². The van der Waals surface area contributed by atoms with E-state index in [2.05, 4.69) is 19.2 Å². The third kappa shape index (κ3) is 10.1. The Morgan fingerprint density at radius 2 is 1.42 bits per heavy atom. The van der Waals surface area contributed by atoms with Crippen molar-refractivity contribution in [1.29, 1.82) is 0 Å². The number of hydrogen-bond donors (Lipinski definition) is 1. The van der Waals surface area contributed by atoms with Crippen molar-refractivity contribution in [2.75, 3.05) is 25.6 Å². The minimum atomic E-state index is -0.703. The van der Waals surface area contributed by atoms with Crippen molar-refractivity contribution in [1.82, 2.24) is 4.90 Å². The van der Waals surface area contributed by atoms with Crippen LogP contribution in [0.5, 0.6) is 5.75 Å². The normalized spacial score (nSPS) is 11.5. The maximum atomic E-state index is 13.2. The Bertz CT molecular complexity index is 1520. The molecule has 7 nitrogen and oxygen atoms in total. The molecule has 1 unspecified atom stereocenters. The molecular formula is C38H42N2O5. The predicted octanol–water partition coefficient (Wildman–Crippen LogP) is 6.96. The number of rotatable bonds is 16. The van der Waals surface area contributed by atoms with Gasteiger partial charge in [-0.3, -0.25) is 9.59 Å². The molecule has 4 rings (SSSR count). The predicted molar refractivity (Wildman–Crippen MR) is 177 cm³/mol. The molecule has 1 atom stereocenters. The van der Waals surface area contributed by atoms with Gasteiger partial charge >= 0.3 is 5.97 Å². The molecule has 0 heterocycles. The molecule has 0 aliphatic heterocycles. The Balaban J connectivity index is 1.34. The summed E-state index contributed by atoms with van der Waals surface area (Å²) in [5.41, 5.74) is 3.63. The van der Waals surface area contributed by atoms with Gasteiger partial charge in [-0.15, -0.1) is 0 Å². The lowest BCUT2D eigenvalue weighted by Crippen LogP contribution is -2.33. The molecular weight excluding hydrogens is 564 g/mol. The fourth-order valence-corrected chi connectivity index (χ4v) is 5.05. The Kier molecular flexibility index (Phi) is 12.3. The lowest BCUT2D eigenvalue weighted by molar-refractivity contribution is -0.141. The summed E-state index contributed by atoms with van der Waals surface area (Å²) in [5.74, 6) is 0.606. The van der Waals surface area contributed by atoms with Crippen LogP contribution in [0, 0.1) is 5.92 Å². The summed E-state index contributed by atoms with van der Waals surface area (Å²) in [6, 6.07) is 33.1. The number of carbonyl (C=O) groups is 3. The molecule has 0 aliphatic carbocycles. The molecule has 0 fully saturated rings. The highest BCUT2D eigenvalue weighted by molar-refractivity contribution is 6.12. The van der Waals surface area contributed by atoms with Crippen molar-refractivity contribution in [3.8, 4) is 5.75 Å². The van der Waals surface area contributed by atoms with E-state index in [-0.39, 0.29) is 11.7 Å². The van der Waals surface area contributed by atoms with Crippen molar-refractivity contribution in [3.05, 3.63) is 131 Å². The highest BCUT2D eigenvalue weighted by Gasteiger charge is 2.23. The standard InChI is InChI=1S/C38H42N2O5/c1-28(2)25-36(41)40(27-30-13-6-4-7-14-30)23-12-24-45-32-21-19-29(20-22-32)26-35(38(43)44-3)39-34-18-11-10-17-33(34)37(42)31-15-8-5-9-16-31/h4-11,13-22,28,35,39H,12,23-27H2,1-3H3. The Hall–Kier alpha value is -4.91. The van der Waals surface area contributed by atoms with Crippen LogP contribution in [0.25, 0.3) is 0 Å². The summed E-state index contributed by atoms with van der Waals surface area (Å²) in [5, 5.41) is 3.24. The zero-order chi connectivity index (χ0) is 32.0. The lowest BCUT2D eigenvalue weighted by Gasteiger charge is -2.24. The highest BCUT2D eigenvalue weighted by Crippen LogP contribution is 2.22. The third-order valence-corrected chi connectivity index (χ3v) is 7.38. The van der Waals surface area contributed by atoms with Gasteiger partial charge in [0.1, 0.15) is 11.8 Å². The average molecular weight is 607 g/mol. The number of nitrogens with one attached hydrogen (secondary N) is 1. The Morgan fingerprint density at radius 1 is 0.778 bits per heavy atom. The summed E-state index contributed by atoms with van der Waals surface area (Å²) in [7, 11) is 1.35. The second-order valence-electron chi connectivity index (χ2n) is 11.4. The third-order valence-electron chi connectivity index (χ3n) is 7.38. The van der Waals surface area contributed by atoms with Gasteiger partial charge in [-0.05, 0) is 47.7 Å². The number of ether oxygens (including phenoxy) is 2. The van der Waals surface area contributed by atoms with E-state index in [0.717, 1.165) is 11.1 Å². The molecule has 4 aromatic carbocycles. The van der Waals surface area contributed by atoms with Crippen molar-refractivity contribution in [2.24, 2.45) is 5.92 Å². The summed E-state index contributed by atoms with van der Waals surface area (Å²) in [6.45, 7) is 5.78. The van der Waals surface area contributed by atoms with E-state index in [1.807, 2.05) is 83.8 Å². The first-order chi connectivity index (χ1) is 21.8. The minimum absolute atomic E-state index is 0.128. The van der Waals surface area contributed by atoms with Gasteiger partial charge < -0.3 is 19.7 Å². The van der Waals surface area contributed by atoms with E-state index in [4.69, 9.17) is 9.47 Å². The Labute approximate surface area is 266 Å². The molecule has 0 bridgehead atoms. The monoisotopic (exact) mass is 606 g/mol. The first-order valence-electron chi connectivity index (χ1n) is 15.4. The SMILES string of the molecule is COC(=O)C(Cc1ccc(OCCCN(Cc2ccccc2)C(=O)CC(C)C)cc1)Nc1ccccc1C(=O)c1ccccc1. The van der Waals surface area contributed by atoms with Crippen molar-refractivity contribution < 1.29 is 23.9 Å². The van der Waals surface area contributed by atoms with Gasteiger partial charge in [-0.1, -0.05) is 98.8 Å². The van der Waals surface area contributed by atoms with E-state index >= 15 is 0 Å². The quantitative estimate of drug-likeness (QED) is 0.0844. The molecule has 0 aliphatic rings. The van der Waals surface area contributed by atoms with Crippen molar-refractivity contribution in [3.63, 3.8) is 0 Å². The van der Waals surface area contributed by atoms with Gasteiger partial charge in [0.05, 0.1) is 13.7 Å². The molecule has 0 radical (unpaired) electrons. The summed E-state index contributed by atoms with van der Waals surface area (Å²) in [6.07, 6.45) is 1.58. The number of hydrogen-bond acceptors (Lipinski definition) is 6. The van der Waals surface area contributed by atoms with Gasteiger partial charge in [0.15, 0.2) is 5.78 Å². The van der Waals surface area contributed by atoms with Crippen molar-refractivity contribution >= 4 is 23.3 Å². The van der Waals surface area contributed by atoms with Crippen molar-refractivity contribution in [2.45, 2.75) is 45.7 Å². The molecule has 4 aromatic rings. The van der Waals surface area contributed by atoms with E-state index in [9.17, 15) is 14.4 Å². The zero-order valence-corrected chi connectivity index (χ0v) is 26.3. The second-order valence-corrected chi connectivity index (χ2v) is 11.4. The van der Waals surface area contributed by atoms with Crippen LogP contribution in [0.2, 0.25) is 0 Å². The number of para-hydroxylation sites is 1. The maximum Gasteiger partial charge on any atom is 0.328 e. The number of ketones is 1. The summed E-state index contributed by atoms with van der Waals surface area (Å²) in [4.78, 5) is 40.8. The second kappa shape index (κ2) is 16.8. The number of anilines is 1. The van der Waals surface area contributed by atoms with Gasteiger partial charge in [-0.2, -0.15) is 0 Å².